The molecule has 0 spiro atoms. The van der Waals surface area contributed by atoms with Crippen molar-refractivity contribution in [3.05, 3.63) is 28.8 Å². The summed E-state index contributed by atoms with van der Waals surface area (Å²) in [6, 6.07) is 5.32. The lowest BCUT2D eigenvalue weighted by molar-refractivity contribution is 0.128. The SMILES string of the molecule is CC(C)CC[C@H](O)[C@H](N)c1ccc(N(C)C)cc1Cl. The molecule has 0 saturated carbocycles. The van der Waals surface area contributed by atoms with E-state index in [0.717, 1.165) is 17.7 Å². The lowest BCUT2D eigenvalue weighted by atomic mass is 9.96. The van der Waals surface area contributed by atoms with Gasteiger partial charge in [0.15, 0.2) is 0 Å². The summed E-state index contributed by atoms with van der Waals surface area (Å²) in [4.78, 5) is 1.98. The lowest BCUT2D eigenvalue weighted by Gasteiger charge is -2.22. The Morgan fingerprint density at radius 2 is 1.89 bits per heavy atom. The molecule has 0 fully saturated rings. The second kappa shape index (κ2) is 7.13. The van der Waals surface area contributed by atoms with Gasteiger partial charge in [-0.25, -0.2) is 0 Å². The van der Waals surface area contributed by atoms with E-state index >= 15 is 0 Å². The minimum Gasteiger partial charge on any atom is -0.391 e. The first-order chi connectivity index (χ1) is 8.82. The second-order valence-electron chi connectivity index (χ2n) is 5.66. The summed E-state index contributed by atoms with van der Waals surface area (Å²) in [5, 5.41) is 10.7. The van der Waals surface area contributed by atoms with Crippen LogP contribution in [0.2, 0.25) is 5.02 Å². The first kappa shape index (κ1) is 16.3. The van der Waals surface area contributed by atoms with E-state index in [1.807, 2.05) is 37.2 Å². The molecule has 3 nitrogen and oxygen atoms in total. The van der Waals surface area contributed by atoms with Crippen LogP contribution in [-0.2, 0) is 0 Å². The Labute approximate surface area is 121 Å². The highest BCUT2D eigenvalue weighted by atomic mass is 35.5. The van der Waals surface area contributed by atoms with Crippen LogP contribution in [0, 0.1) is 5.92 Å². The van der Waals surface area contributed by atoms with E-state index < -0.39 is 12.1 Å². The summed E-state index contributed by atoms with van der Waals surface area (Å²) in [6.07, 6.45) is 1.11. The first-order valence-electron chi connectivity index (χ1n) is 6.73. The molecule has 0 aliphatic heterocycles. The van der Waals surface area contributed by atoms with Crippen molar-refractivity contribution >= 4 is 17.3 Å². The number of nitrogens with two attached hydrogens (primary N) is 1. The number of hydrogen-bond donors (Lipinski definition) is 2. The summed E-state index contributed by atoms with van der Waals surface area (Å²) in [5.74, 6) is 0.563. The molecule has 0 amide bonds. The fourth-order valence-electron chi connectivity index (χ4n) is 1.96. The summed E-state index contributed by atoms with van der Waals surface area (Å²) in [7, 11) is 3.92. The largest absolute Gasteiger partial charge is 0.391 e. The first-order valence-corrected chi connectivity index (χ1v) is 7.11. The molecule has 1 rings (SSSR count). The van der Waals surface area contributed by atoms with Crippen molar-refractivity contribution in [3.63, 3.8) is 0 Å². The highest BCUT2D eigenvalue weighted by Gasteiger charge is 2.19. The minimum absolute atomic E-state index is 0.428. The Bertz CT molecular complexity index is 407. The third kappa shape index (κ3) is 4.68. The second-order valence-corrected chi connectivity index (χ2v) is 6.07. The third-order valence-electron chi connectivity index (χ3n) is 3.31. The van der Waals surface area contributed by atoms with Crippen LogP contribution in [0.25, 0.3) is 0 Å². The number of nitrogens with zero attached hydrogens (tertiary/aromatic N) is 1. The van der Waals surface area contributed by atoms with Crippen LogP contribution in [0.15, 0.2) is 18.2 Å². The minimum atomic E-state index is -0.551. The predicted molar refractivity (Wildman–Crippen MR) is 82.8 cm³/mol. The van der Waals surface area contributed by atoms with Gasteiger partial charge >= 0.3 is 0 Å². The van der Waals surface area contributed by atoms with E-state index in [1.54, 1.807) is 0 Å². The molecule has 1 aromatic rings. The molecule has 19 heavy (non-hydrogen) atoms. The molecule has 0 bridgehead atoms. The van der Waals surface area contributed by atoms with Gasteiger partial charge in [-0.1, -0.05) is 31.5 Å². The van der Waals surface area contributed by atoms with Crippen molar-refractivity contribution in [1.29, 1.82) is 0 Å². The van der Waals surface area contributed by atoms with Crippen LogP contribution in [0.3, 0.4) is 0 Å². The fourth-order valence-corrected chi connectivity index (χ4v) is 2.26. The fraction of sp³-hybridized carbons (Fsp3) is 0.600. The van der Waals surface area contributed by atoms with Gasteiger partial charge < -0.3 is 15.7 Å². The Balaban J connectivity index is 2.79. The van der Waals surface area contributed by atoms with Gasteiger partial charge in [-0.3, -0.25) is 0 Å². The average Bonchev–Trinajstić information content (AvgIpc) is 2.34. The van der Waals surface area contributed by atoms with Gasteiger partial charge in [0.05, 0.1) is 12.1 Å². The maximum absolute atomic E-state index is 10.1. The van der Waals surface area contributed by atoms with E-state index in [0.29, 0.717) is 17.4 Å². The number of hydrogen-bond acceptors (Lipinski definition) is 3. The van der Waals surface area contributed by atoms with Crippen molar-refractivity contribution in [2.45, 2.75) is 38.8 Å². The van der Waals surface area contributed by atoms with Gasteiger partial charge in [0, 0.05) is 24.8 Å². The monoisotopic (exact) mass is 284 g/mol. The number of anilines is 1. The normalized spacial score (nSPS) is 14.5. The van der Waals surface area contributed by atoms with E-state index in [1.165, 1.54) is 0 Å². The number of aliphatic hydroxyl groups excluding tert-OH is 1. The molecule has 0 aromatic heterocycles. The molecule has 0 aliphatic carbocycles. The maximum Gasteiger partial charge on any atom is 0.0733 e. The Hall–Kier alpha value is -0.770. The molecule has 0 saturated heterocycles. The van der Waals surface area contributed by atoms with Crippen LogP contribution in [-0.4, -0.2) is 25.3 Å². The smallest absolute Gasteiger partial charge is 0.0733 e. The number of benzene rings is 1. The van der Waals surface area contributed by atoms with E-state index in [-0.39, 0.29) is 0 Å². The zero-order chi connectivity index (χ0) is 14.6. The maximum atomic E-state index is 10.1. The van der Waals surface area contributed by atoms with Gasteiger partial charge in [-0.2, -0.15) is 0 Å². The summed E-state index contributed by atoms with van der Waals surface area (Å²) >= 11 is 6.26. The van der Waals surface area contributed by atoms with E-state index in [4.69, 9.17) is 17.3 Å². The number of halogens is 1. The Morgan fingerprint density at radius 1 is 1.26 bits per heavy atom. The molecule has 0 heterocycles. The van der Waals surface area contributed by atoms with Gasteiger partial charge in [0.25, 0.3) is 0 Å². The van der Waals surface area contributed by atoms with Gasteiger partial charge in [0.1, 0.15) is 0 Å². The van der Waals surface area contributed by atoms with E-state index in [2.05, 4.69) is 13.8 Å². The quantitative estimate of drug-likeness (QED) is 0.843. The van der Waals surface area contributed by atoms with Crippen molar-refractivity contribution in [2.24, 2.45) is 11.7 Å². The molecule has 4 heteroatoms. The van der Waals surface area contributed by atoms with Crippen LogP contribution in [0.1, 0.15) is 38.3 Å². The summed E-state index contributed by atoms with van der Waals surface area (Å²) < 4.78 is 0. The van der Waals surface area contributed by atoms with Crippen LogP contribution in [0.4, 0.5) is 5.69 Å². The molecule has 0 aliphatic rings. The molecule has 108 valence electrons. The molecule has 0 radical (unpaired) electrons. The van der Waals surface area contributed by atoms with Crippen LogP contribution < -0.4 is 10.6 Å². The van der Waals surface area contributed by atoms with Gasteiger partial charge in [0.2, 0.25) is 0 Å². The topological polar surface area (TPSA) is 49.5 Å². The van der Waals surface area contributed by atoms with Gasteiger partial charge in [-0.15, -0.1) is 0 Å². The average molecular weight is 285 g/mol. The Morgan fingerprint density at radius 3 is 2.37 bits per heavy atom. The molecule has 0 unspecified atom stereocenters. The Kier molecular flexibility index (Phi) is 6.11. The van der Waals surface area contributed by atoms with Crippen molar-refractivity contribution in [2.75, 3.05) is 19.0 Å². The van der Waals surface area contributed by atoms with Gasteiger partial charge in [-0.05, 0) is 36.5 Å². The molecule has 1 aromatic carbocycles. The summed E-state index contributed by atoms with van der Waals surface area (Å²) in [5.41, 5.74) is 7.94. The molecular weight excluding hydrogens is 260 g/mol. The lowest BCUT2D eigenvalue weighted by Crippen LogP contribution is -2.27. The highest BCUT2D eigenvalue weighted by molar-refractivity contribution is 6.31. The van der Waals surface area contributed by atoms with E-state index in [9.17, 15) is 5.11 Å². The van der Waals surface area contributed by atoms with Crippen molar-refractivity contribution in [1.82, 2.24) is 0 Å². The zero-order valence-corrected chi connectivity index (χ0v) is 13.0. The highest BCUT2D eigenvalue weighted by Crippen LogP contribution is 2.29. The zero-order valence-electron chi connectivity index (χ0n) is 12.2. The van der Waals surface area contributed by atoms with Crippen LogP contribution in [0.5, 0.6) is 0 Å². The predicted octanol–water partition coefficient (Wildman–Crippen LogP) is 3.20. The molecule has 3 N–H and O–H groups in total. The van der Waals surface area contributed by atoms with Crippen LogP contribution >= 0.6 is 11.6 Å². The molecular formula is C15H25ClN2O. The molecule has 2 atom stereocenters. The van der Waals surface area contributed by atoms with Crippen molar-refractivity contribution in [3.8, 4) is 0 Å². The van der Waals surface area contributed by atoms with Crippen molar-refractivity contribution < 1.29 is 5.11 Å². The third-order valence-corrected chi connectivity index (χ3v) is 3.64. The number of rotatable bonds is 6. The standard InChI is InChI=1S/C15H25ClN2O/c1-10(2)5-8-14(19)15(17)12-7-6-11(18(3)4)9-13(12)16/h6-7,9-10,14-15,19H,5,8,17H2,1-4H3/t14-,15+/m0/s1. The number of aliphatic hydroxyl groups is 1. The summed E-state index contributed by atoms with van der Waals surface area (Å²) in [6.45, 7) is 4.27.